The fraction of sp³-hybridized carbons (Fsp3) is 0.0769. The summed E-state index contributed by atoms with van der Waals surface area (Å²) in [6.45, 7) is -0.0272. The molecule has 0 spiro atoms. The minimum atomic E-state index is -0.229. The average molecular weight is 265 g/mol. The molecule has 0 saturated carbocycles. The first-order chi connectivity index (χ1) is 8.34. The first-order valence-corrected chi connectivity index (χ1v) is 5.23. The summed E-state index contributed by atoms with van der Waals surface area (Å²) in [5.74, 6) is 0.963. The van der Waals surface area contributed by atoms with Crippen molar-refractivity contribution in [2.24, 2.45) is 0 Å². The first kappa shape index (κ1) is 14.0. The zero-order valence-electron chi connectivity index (χ0n) is 9.58. The summed E-state index contributed by atoms with van der Waals surface area (Å²) in [5.41, 5.74) is 0. The van der Waals surface area contributed by atoms with Crippen LogP contribution in [0.5, 0.6) is 5.75 Å². The molecule has 0 bridgehead atoms. The van der Waals surface area contributed by atoms with Gasteiger partial charge in [-0.25, -0.2) is 4.98 Å². The standard InChI is InChI=1S/C13H12N2O2.ClH/c16-13(15-12-8-4-5-9-14-12)10-17-11-6-2-1-3-7-11;/h1-9H,10H2,(H,14,15,16);1H. The fourth-order valence-electron chi connectivity index (χ4n) is 1.28. The van der Waals surface area contributed by atoms with Crippen LogP contribution >= 0.6 is 12.4 Å². The minimum Gasteiger partial charge on any atom is -0.484 e. The molecule has 5 heteroatoms. The van der Waals surface area contributed by atoms with Crippen LogP contribution in [0.25, 0.3) is 0 Å². The van der Waals surface area contributed by atoms with E-state index in [0.717, 1.165) is 0 Å². The van der Waals surface area contributed by atoms with Crippen molar-refractivity contribution in [3.05, 3.63) is 54.7 Å². The van der Waals surface area contributed by atoms with E-state index < -0.39 is 0 Å². The summed E-state index contributed by atoms with van der Waals surface area (Å²) in [6, 6.07) is 14.5. The van der Waals surface area contributed by atoms with Crippen LogP contribution in [0.4, 0.5) is 5.82 Å². The molecule has 0 atom stereocenters. The third kappa shape index (κ3) is 4.43. The van der Waals surface area contributed by atoms with Crippen LogP contribution in [0.1, 0.15) is 0 Å². The molecule has 0 saturated heterocycles. The lowest BCUT2D eigenvalue weighted by atomic mass is 10.3. The van der Waals surface area contributed by atoms with Crippen molar-refractivity contribution in [3.8, 4) is 5.75 Å². The number of nitrogens with one attached hydrogen (secondary N) is 1. The Balaban J connectivity index is 0.00000162. The molecule has 0 unspecified atom stereocenters. The maximum Gasteiger partial charge on any atom is 0.263 e. The molecular weight excluding hydrogens is 252 g/mol. The van der Waals surface area contributed by atoms with Crippen LogP contribution in [0.2, 0.25) is 0 Å². The third-order valence-corrected chi connectivity index (χ3v) is 2.05. The molecule has 0 fully saturated rings. The molecule has 1 aromatic carbocycles. The summed E-state index contributed by atoms with van der Waals surface area (Å²) in [4.78, 5) is 15.5. The molecule has 2 aromatic rings. The van der Waals surface area contributed by atoms with Crippen LogP contribution in [-0.2, 0) is 4.79 Å². The largest absolute Gasteiger partial charge is 0.484 e. The number of amides is 1. The van der Waals surface area contributed by atoms with E-state index in [2.05, 4.69) is 10.3 Å². The number of anilines is 1. The second-order valence-electron chi connectivity index (χ2n) is 3.36. The van der Waals surface area contributed by atoms with Crippen molar-refractivity contribution in [1.82, 2.24) is 4.98 Å². The Kier molecular flexibility index (Phi) is 5.67. The van der Waals surface area contributed by atoms with Gasteiger partial charge in [0.2, 0.25) is 0 Å². The Morgan fingerprint density at radius 1 is 1.11 bits per heavy atom. The summed E-state index contributed by atoms with van der Waals surface area (Å²) in [7, 11) is 0. The van der Waals surface area contributed by atoms with E-state index in [0.29, 0.717) is 11.6 Å². The molecule has 0 aliphatic carbocycles. The second-order valence-corrected chi connectivity index (χ2v) is 3.36. The molecule has 2 rings (SSSR count). The molecule has 94 valence electrons. The highest BCUT2D eigenvalue weighted by Gasteiger charge is 2.03. The van der Waals surface area contributed by atoms with Crippen LogP contribution in [-0.4, -0.2) is 17.5 Å². The molecule has 0 aliphatic heterocycles. The normalized spacial score (nSPS) is 9.11. The van der Waals surface area contributed by atoms with Gasteiger partial charge in [-0.1, -0.05) is 24.3 Å². The number of rotatable bonds is 4. The van der Waals surface area contributed by atoms with E-state index in [9.17, 15) is 4.79 Å². The van der Waals surface area contributed by atoms with E-state index in [1.54, 1.807) is 36.5 Å². The van der Waals surface area contributed by atoms with E-state index in [-0.39, 0.29) is 24.9 Å². The van der Waals surface area contributed by atoms with Gasteiger partial charge in [-0.2, -0.15) is 0 Å². The first-order valence-electron chi connectivity index (χ1n) is 5.23. The van der Waals surface area contributed by atoms with Gasteiger partial charge in [-0.3, -0.25) is 4.79 Å². The van der Waals surface area contributed by atoms with Gasteiger partial charge >= 0.3 is 0 Å². The predicted molar refractivity (Wildman–Crippen MR) is 72.1 cm³/mol. The molecule has 18 heavy (non-hydrogen) atoms. The Labute approximate surface area is 111 Å². The van der Waals surface area contributed by atoms with Gasteiger partial charge in [0, 0.05) is 6.20 Å². The number of carbonyl (C=O) groups excluding carboxylic acids is 1. The summed E-state index contributed by atoms with van der Waals surface area (Å²) < 4.78 is 5.30. The second kappa shape index (κ2) is 7.29. The molecule has 1 N–H and O–H groups in total. The number of nitrogens with zero attached hydrogens (tertiary/aromatic N) is 1. The van der Waals surface area contributed by atoms with Crippen molar-refractivity contribution < 1.29 is 9.53 Å². The molecule has 0 aliphatic rings. The predicted octanol–water partition coefficient (Wildman–Crippen LogP) is 2.52. The molecule has 1 heterocycles. The molecule has 0 radical (unpaired) electrons. The lowest BCUT2D eigenvalue weighted by Gasteiger charge is -2.06. The number of carbonyl (C=O) groups is 1. The number of pyridine rings is 1. The molecule has 4 nitrogen and oxygen atoms in total. The fourth-order valence-corrected chi connectivity index (χ4v) is 1.28. The van der Waals surface area contributed by atoms with Gasteiger partial charge in [0.1, 0.15) is 11.6 Å². The molecule has 1 aromatic heterocycles. The Morgan fingerprint density at radius 2 is 1.83 bits per heavy atom. The van der Waals surface area contributed by atoms with Crippen LogP contribution < -0.4 is 10.1 Å². The highest BCUT2D eigenvalue weighted by molar-refractivity contribution is 5.90. The average Bonchev–Trinajstić information content (AvgIpc) is 2.39. The number of para-hydroxylation sites is 1. The van der Waals surface area contributed by atoms with Crippen molar-refractivity contribution >= 4 is 24.1 Å². The van der Waals surface area contributed by atoms with Gasteiger partial charge < -0.3 is 10.1 Å². The van der Waals surface area contributed by atoms with Crippen molar-refractivity contribution in [3.63, 3.8) is 0 Å². The molecular formula is C13H13ClN2O2. The highest BCUT2D eigenvalue weighted by atomic mass is 35.5. The summed E-state index contributed by atoms with van der Waals surface area (Å²) in [5, 5.41) is 2.64. The van der Waals surface area contributed by atoms with E-state index in [1.165, 1.54) is 0 Å². The Hall–Kier alpha value is -2.07. The van der Waals surface area contributed by atoms with Gasteiger partial charge in [0.25, 0.3) is 5.91 Å². The quantitative estimate of drug-likeness (QED) is 0.923. The van der Waals surface area contributed by atoms with Crippen LogP contribution in [0.15, 0.2) is 54.7 Å². The van der Waals surface area contributed by atoms with Crippen LogP contribution in [0, 0.1) is 0 Å². The van der Waals surface area contributed by atoms with Gasteiger partial charge in [-0.05, 0) is 24.3 Å². The lowest BCUT2D eigenvalue weighted by Crippen LogP contribution is -2.20. The van der Waals surface area contributed by atoms with E-state index in [1.807, 2.05) is 18.2 Å². The number of benzene rings is 1. The number of ether oxygens (including phenoxy) is 1. The minimum absolute atomic E-state index is 0. The summed E-state index contributed by atoms with van der Waals surface area (Å²) in [6.07, 6.45) is 1.62. The van der Waals surface area contributed by atoms with E-state index in [4.69, 9.17) is 4.74 Å². The third-order valence-electron chi connectivity index (χ3n) is 2.05. The van der Waals surface area contributed by atoms with Crippen LogP contribution in [0.3, 0.4) is 0 Å². The Bertz CT molecular complexity index is 477. The van der Waals surface area contributed by atoms with Gasteiger partial charge in [0.15, 0.2) is 6.61 Å². The van der Waals surface area contributed by atoms with E-state index >= 15 is 0 Å². The topological polar surface area (TPSA) is 51.2 Å². The maximum absolute atomic E-state index is 11.5. The number of hydrogen-bond acceptors (Lipinski definition) is 3. The monoisotopic (exact) mass is 264 g/mol. The number of hydrogen-bond donors (Lipinski definition) is 1. The zero-order valence-corrected chi connectivity index (χ0v) is 10.4. The zero-order chi connectivity index (χ0) is 11.9. The maximum atomic E-state index is 11.5. The molecule has 1 amide bonds. The van der Waals surface area contributed by atoms with Gasteiger partial charge in [0.05, 0.1) is 0 Å². The van der Waals surface area contributed by atoms with Gasteiger partial charge in [-0.15, -0.1) is 12.4 Å². The Morgan fingerprint density at radius 3 is 2.50 bits per heavy atom. The SMILES string of the molecule is Cl.O=C(COc1ccccc1)Nc1ccccn1. The smallest absolute Gasteiger partial charge is 0.263 e. The van der Waals surface area contributed by atoms with Crippen molar-refractivity contribution in [1.29, 1.82) is 0 Å². The highest BCUT2D eigenvalue weighted by Crippen LogP contribution is 2.08. The van der Waals surface area contributed by atoms with Crippen molar-refractivity contribution in [2.45, 2.75) is 0 Å². The number of aromatic nitrogens is 1. The number of halogens is 1. The lowest BCUT2D eigenvalue weighted by molar-refractivity contribution is -0.118. The summed E-state index contributed by atoms with van der Waals surface area (Å²) >= 11 is 0. The van der Waals surface area contributed by atoms with Crippen molar-refractivity contribution in [2.75, 3.05) is 11.9 Å².